The van der Waals surface area contributed by atoms with Crippen molar-refractivity contribution in [2.24, 2.45) is 0 Å². The van der Waals surface area contributed by atoms with E-state index in [2.05, 4.69) is 4.98 Å². The zero-order chi connectivity index (χ0) is 22.4. The molecule has 0 radical (unpaired) electrons. The Kier molecular flexibility index (Phi) is 6.26. The summed E-state index contributed by atoms with van der Waals surface area (Å²) >= 11 is 0. The molecule has 6 nitrogen and oxygen atoms in total. The van der Waals surface area contributed by atoms with Crippen molar-refractivity contribution in [1.29, 1.82) is 0 Å². The fourth-order valence-electron chi connectivity index (χ4n) is 3.48. The van der Waals surface area contributed by atoms with Gasteiger partial charge in [-0.1, -0.05) is 13.0 Å². The van der Waals surface area contributed by atoms with Gasteiger partial charge in [0.05, 0.1) is 17.0 Å². The summed E-state index contributed by atoms with van der Waals surface area (Å²) in [5.41, 5.74) is -0.223. The molecule has 1 saturated heterocycles. The molecule has 0 aromatic carbocycles. The highest BCUT2D eigenvalue weighted by molar-refractivity contribution is 7.90. The number of hydrogen-bond donors (Lipinski definition) is 0. The largest absolute Gasteiger partial charge is 0.500 e. The monoisotopic (exact) mass is 445 g/mol. The molecule has 10 heteroatoms. The molecule has 1 aromatic heterocycles. The fourth-order valence-corrected chi connectivity index (χ4v) is 4.35. The Morgan fingerprint density at radius 3 is 2.27 bits per heavy atom. The van der Waals surface area contributed by atoms with Crippen molar-refractivity contribution >= 4 is 22.4 Å². The van der Waals surface area contributed by atoms with Crippen molar-refractivity contribution < 1.29 is 31.2 Å². The van der Waals surface area contributed by atoms with Crippen LogP contribution in [0.3, 0.4) is 0 Å². The number of aromatic nitrogens is 1. The summed E-state index contributed by atoms with van der Waals surface area (Å²) in [6.07, 6.45) is 1.07. The number of nitrogens with zero attached hydrogens (tertiary/aromatic N) is 1. The first kappa shape index (κ1) is 23.4. The highest BCUT2D eigenvalue weighted by atomic mass is 32.2. The number of ether oxygens (including phenoxy) is 1. The number of halogens is 2. The van der Waals surface area contributed by atoms with Crippen molar-refractivity contribution in [3.63, 3.8) is 0 Å². The van der Waals surface area contributed by atoms with Crippen LogP contribution in [-0.2, 0) is 24.9 Å². The lowest BCUT2D eigenvalue weighted by Gasteiger charge is -2.32. The molecular formula is C20H30BF2NO5S. The second kappa shape index (κ2) is 8.02. The van der Waals surface area contributed by atoms with E-state index in [0.717, 1.165) is 0 Å². The van der Waals surface area contributed by atoms with Crippen LogP contribution in [0.25, 0.3) is 0 Å². The summed E-state index contributed by atoms with van der Waals surface area (Å²) in [7, 11) is -4.06. The van der Waals surface area contributed by atoms with Crippen molar-refractivity contribution in [3.05, 3.63) is 17.8 Å². The molecule has 1 aromatic rings. The van der Waals surface area contributed by atoms with Crippen LogP contribution < -0.4 is 10.2 Å². The summed E-state index contributed by atoms with van der Waals surface area (Å²) in [4.78, 5) is 4.33. The Bertz CT molecular complexity index is 865. The first-order chi connectivity index (χ1) is 13.7. The molecule has 0 atom stereocenters. The number of alkyl halides is 2. The van der Waals surface area contributed by atoms with E-state index in [0.29, 0.717) is 11.0 Å². The van der Waals surface area contributed by atoms with Crippen molar-refractivity contribution in [2.45, 2.75) is 89.3 Å². The second-order valence-electron chi connectivity index (χ2n) is 9.18. The van der Waals surface area contributed by atoms with Crippen LogP contribution in [0.5, 0.6) is 5.88 Å². The lowest BCUT2D eigenvalue weighted by atomic mass is 9.79. The Balaban J connectivity index is 1.90. The van der Waals surface area contributed by atoms with E-state index in [1.54, 1.807) is 13.0 Å². The van der Waals surface area contributed by atoms with Gasteiger partial charge in [0, 0.05) is 30.3 Å². The minimum atomic E-state index is -3.26. The van der Waals surface area contributed by atoms with Crippen molar-refractivity contribution in [2.75, 3.05) is 5.75 Å². The van der Waals surface area contributed by atoms with Gasteiger partial charge in [0.1, 0.15) is 6.10 Å². The predicted octanol–water partition coefficient (Wildman–Crippen LogP) is 3.27. The Hall–Kier alpha value is -1.26. The molecule has 0 bridgehead atoms. The third kappa shape index (κ3) is 5.14. The van der Waals surface area contributed by atoms with E-state index < -0.39 is 34.1 Å². The molecule has 1 saturated carbocycles. The SMILES string of the molecule is CCS(=O)(=O)Cc1cnc(OC2CCC(F)(F)CC2)c(B2OC(C)(C)C(C)(C)O2)c1. The van der Waals surface area contributed by atoms with E-state index >= 15 is 0 Å². The summed E-state index contributed by atoms with van der Waals surface area (Å²) in [6.45, 7) is 9.24. The second-order valence-corrected chi connectivity index (χ2v) is 11.5. The summed E-state index contributed by atoms with van der Waals surface area (Å²) in [5.74, 6) is -2.55. The standard InChI is InChI=1S/C20H30BF2NO5S/c1-6-30(25,26)13-14-11-16(21-28-18(2,3)19(4,5)29-21)17(24-12-14)27-15-7-9-20(22,23)10-8-15/h11-12,15H,6-10,13H2,1-5H3. The Morgan fingerprint density at radius 1 is 1.17 bits per heavy atom. The molecule has 1 aliphatic heterocycles. The van der Waals surface area contributed by atoms with Crippen molar-refractivity contribution in [1.82, 2.24) is 4.98 Å². The summed E-state index contributed by atoms with van der Waals surface area (Å²) in [6, 6.07) is 1.68. The quantitative estimate of drug-likeness (QED) is 0.626. The van der Waals surface area contributed by atoms with Gasteiger partial charge < -0.3 is 14.0 Å². The molecule has 1 aliphatic carbocycles. The van der Waals surface area contributed by atoms with E-state index in [1.807, 2.05) is 27.7 Å². The summed E-state index contributed by atoms with van der Waals surface area (Å²) in [5, 5.41) is 0. The average Bonchev–Trinajstić information content (AvgIpc) is 2.85. The average molecular weight is 445 g/mol. The van der Waals surface area contributed by atoms with Gasteiger partial charge in [0.25, 0.3) is 0 Å². The fraction of sp³-hybridized carbons (Fsp3) is 0.750. The van der Waals surface area contributed by atoms with Gasteiger partial charge in [0.15, 0.2) is 9.84 Å². The smallest absolute Gasteiger partial charge is 0.475 e. The maximum absolute atomic E-state index is 13.5. The molecule has 2 heterocycles. The van der Waals surface area contributed by atoms with Crippen molar-refractivity contribution in [3.8, 4) is 5.88 Å². The van der Waals surface area contributed by atoms with Crippen LogP contribution in [0.2, 0.25) is 0 Å². The molecule has 0 unspecified atom stereocenters. The highest BCUT2D eigenvalue weighted by Gasteiger charge is 2.53. The van der Waals surface area contributed by atoms with E-state index in [-0.39, 0.29) is 49.2 Å². The number of pyridine rings is 1. The molecule has 3 rings (SSSR count). The zero-order valence-corrected chi connectivity index (χ0v) is 19.0. The van der Waals surface area contributed by atoms with Crippen LogP contribution in [0, 0.1) is 0 Å². The molecule has 30 heavy (non-hydrogen) atoms. The van der Waals surface area contributed by atoms with Gasteiger partial charge in [-0.05, 0) is 46.1 Å². The molecule has 2 aliphatic rings. The summed E-state index contributed by atoms with van der Waals surface area (Å²) < 4.78 is 69.3. The lowest BCUT2D eigenvalue weighted by Crippen LogP contribution is -2.41. The maximum atomic E-state index is 13.5. The topological polar surface area (TPSA) is 74.7 Å². The molecule has 168 valence electrons. The van der Waals surface area contributed by atoms with Gasteiger partial charge >= 0.3 is 7.12 Å². The van der Waals surface area contributed by atoms with E-state index in [1.165, 1.54) is 6.20 Å². The predicted molar refractivity (Wildman–Crippen MR) is 111 cm³/mol. The zero-order valence-electron chi connectivity index (χ0n) is 18.2. The van der Waals surface area contributed by atoms with Gasteiger partial charge in [-0.25, -0.2) is 22.2 Å². The third-order valence-electron chi connectivity index (χ3n) is 6.21. The molecule has 0 N–H and O–H groups in total. The van der Waals surface area contributed by atoms with Gasteiger partial charge in [-0.15, -0.1) is 0 Å². The number of hydrogen-bond acceptors (Lipinski definition) is 6. The first-order valence-electron chi connectivity index (χ1n) is 10.3. The minimum absolute atomic E-state index is 0.0212. The Morgan fingerprint density at radius 2 is 1.73 bits per heavy atom. The van der Waals surface area contributed by atoms with Crippen LogP contribution >= 0.6 is 0 Å². The molecule has 2 fully saturated rings. The molecule has 0 amide bonds. The maximum Gasteiger partial charge on any atom is 0.500 e. The Labute approximate surface area is 177 Å². The van der Waals surface area contributed by atoms with Crippen LogP contribution in [-0.4, -0.2) is 49.5 Å². The van der Waals surface area contributed by atoms with Gasteiger partial charge in [-0.3, -0.25) is 0 Å². The number of rotatable bonds is 6. The van der Waals surface area contributed by atoms with Gasteiger partial charge in [-0.2, -0.15) is 0 Å². The normalized spacial score (nSPS) is 23.5. The molecule has 0 spiro atoms. The third-order valence-corrected chi connectivity index (χ3v) is 7.86. The van der Waals surface area contributed by atoms with Crippen LogP contribution in [0.4, 0.5) is 8.78 Å². The first-order valence-corrected chi connectivity index (χ1v) is 12.2. The molecular weight excluding hydrogens is 415 g/mol. The number of sulfone groups is 1. The minimum Gasteiger partial charge on any atom is -0.475 e. The highest BCUT2D eigenvalue weighted by Crippen LogP contribution is 2.38. The lowest BCUT2D eigenvalue weighted by molar-refractivity contribution is -0.0587. The van der Waals surface area contributed by atoms with Gasteiger partial charge in [0.2, 0.25) is 11.8 Å². The van der Waals surface area contributed by atoms with Crippen LogP contribution in [0.15, 0.2) is 12.3 Å². The van der Waals surface area contributed by atoms with E-state index in [4.69, 9.17) is 14.0 Å². The van der Waals surface area contributed by atoms with E-state index in [9.17, 15) is 17.2 Å². The van der Waals surface area contributed by atoms with Crippen LogP contribution in [0.1, 0.15) is 65.9 Å².